The number of benzene rings is 1. The minimum absolute atomic E-state index is 0.0542. The molecule has 0 aliphatic rings. The number of amides is 1. The summed E-state index contributed by atoms with van der Waals surface area (Å²) in [6, 6.07) is 6.41. The molecule has 0 saturated heterocycles. The molecule has 1 amide bonds. The molecule has 0 fully saturated rings. The maximum absolute atomic E-state index is 10.7. The Labute approximate surface area is 230 Å². The number of thiazole rings is 1. The van der Waals surface area contributed by atoms with Crippen LogP contribution in [0, 0.1) is 20.8 Å². The summed E-state index contributed by atoms with van der Waals surface area (Å²) in [7, 11) is 0. The Hall–Kier alpha value is -2.28. The van der Waals surface area contributed by atoms with Crippen molar-refractivity contribution in [1.29, 1.82) is 0 Å². The molecule has 10 nitrogen and oxygen atoms in total. The zero-order chi connectivity index (χ0) is 27.4. The molecule has 0 aliphatic heterocycles. The van der Waals surface area contributed by atoms with E-state index in [9.17, 15) is 4.79 Å². The average Bonchev–Trinajstić information content (AvgIpc) is 3.21. The molecule has 38 heavy (non-hydrogen) atoms. The van der Waals surface area contributed by atoms with Gasteiger partial charge < -0.3 is 39.6 Å². The summed E-state index contributed by atoms with van der Waals surface area (Å²) in [5, 5.41) is 10.5. The second-order valence-electron chi connectivity index (χ2n) is 8.63. The van der Waals surface area contributed by atoms with Crippen LogP contribution in [0.4, 0.5) is 10.8 Å². The van der Waals surface area contributed by atoms with Gasteiger partial charge in [0.2, 0.25) is 5.91 Å². The minimum atomic E-state index is -0.0542. The normalized spacial score (nSPS) is 11.1. The van der Waals surface area contributed by atoms with Gasteiger partial charge in [-0.3, -0.25) is 4.79 Å². The van der Waals surface area contributed by atoms with E-state index < -0.39 is 0 Å². The smallest absolute Gasteiger partial charge is 0.216 e. The number of nitrogens with zero attached hydrogens (tertiary/aromatic N) is 1. The summed E-state index contributed by atoms with van der Waals surface area (Å²) >= 11 is 1.69. The lowest BCUT2D eigenvalue weighted by atomic mass is 10.1. The summed E-state index contributed by atoms with van der Waals surface area (Å²) in [4.78, 5) is 16.5. The van der Waals surface area contributed by atoms with Gasteiger partial charge >= 0.3 is 0 Å². The third-order valence-electron chi connectivity index (χ3n) is 5.49. The van der Waals surface area contributed by atoms with Crippen LogP contribution in [0.25, 0.3) is 0 Å². The lowest BCUT2D eigenvalue weighted by Gasteiger charge is -2.12. The molecule has 1 aromatic carbocycles. The van der Waals surface area contributed by atoms with Crippen LogP contribution >= 0.6 is 11.3 Å². The largest absolute Gasteiger partial charge is 0.383 e. The van der Waals surface area contributed by atoms with E-state index in [4.69, 9.17) is 23.7 Å². The van der Waals surface area contributed by atoms with Crippen molar-refractivity contribution < 1.29 is 28.5 Å². The van der Waals surface area contributed by atoms with Crippen LogP contribution in [-0.2, 0) is 35.0 Å². The van der Waals surface area contributed by atoms with Gasteiger partial charge in [0.15, 0.2) is 5.13 Å². The highest BCUT2D eigenvalue weighted by molar-refractivity contribution is 7.15. The fraction of sp³-hybridized carbons (Fsp3) is 0.630. The van der Waals surface area contributed by atoms with Crippen LogP contribution in [0.1, 0.15) is 28.6 Å². The first kappa shape index (κ1) is 31.9. The molecule has 214 valence electrons. The van der Waals surface area contributed by atoms with Gasteiger partial charge in [-0.05, 0) is 44.0 Å². The van der Waals surface area contributed by atoms with Gasteiger partial charge in [0.25, 0.3) is 0 Å². The van der Waals surface area contributed by atoms with Gasteiger partial charge in [-0.15, -0.1) is 11.3 Å². The molecule has 2 rings (SSSR count). The zero-order valence-corrected chi connectivity index (χ0v) is 24.0. The van der Waals surface area contributed by atoms with Crippen LogP contribution in [0.5, 0.6) is 0 Å². The number of hydrogen-bond acceptors (Lipinski definition) is 10. The van der Waals surface area contributed by atoms with E-state index in [2.05, 4.69) is 53.0 Å². The van der Waals surface area contributed by atoms with E-state index in [1.54, 1.807) is 11.3 Å². The SMILES string of the molecule is CC(=O)NCCOCCOCCOCCOCCOCCNc1ccc(CNc2nc(C)c(C)s2)c(C)c1. The zero-order valence-electron chi connectivity index (χ0n) is 23.2. The number of carbonyl (C=O) groups is 1. The molecule has 1 aromatic heterocycles. The van der Waals surface area contributed by atoms with E-state index >= 15 is 0 Å². The molecule has 3 N–H and O–H groups in total. The van der Waals surface area contributed by atoms with Crippen molar-refractivity contribution in [2.75, 3.05) is 89.8 Å². The quantitative estimate of drug-likeness (QED) is 0.189. The Morgan fingerprint density at radius 2 is 1.34 bits per heavy atom. The third kappa shape index (κ3) is 14.6. The van der Waals surface area contributed by atoms with Crippen LogP contribution in [-0.4, -0.2) is 90.0 Å². The van der Waals surface area contributed by atoms with E-state index in [-0.39, 0.29) is 5.91 Å². The predicted molar refractivity (Wildman–Crippen MR) is 151 cm³/mol. The molecule has 1 heterocycles. The van der Waals surface area contributed by atoms with Crippen LogP contribution in [0.15, 0.2) is 18.2 Å². The molecule has 0 aliphatic carbocycles. The minimum Gasteiger partial charge on any atom is -0.383 e. The van der Waals surface area contributed by atoms with Crippen molar-refractivity contribution in [2.45, 2.75) is 34.2 Å². The fourth-order valence-electron chi connectivity index (χ4n) is 3.27. The Balaban J connectivity index is 1.36. The summed E-state index contributed by atoms with van der Waals surface area (Å²) in [6.07, 6.45) is 0. The van der Waals surface area contributed by atoms with Gasteiger partial charge in [0.1, 0.15) is 0 Å². The standard InChI is InChI=1S/C27H44N4O6S/c1-21-19-26(6-5-25(21)20-30-27-31-22(2)23(3)38-27)29-8-10-34-12-14-36-16-18-37-17-15-35-13-11-33-9-7-28-24(4)32/h5-6,19,29H,7-18,20H2,1-4H3,(H,28,32)(H,30,31). The third-order valence-corrected chi connectivity index (χ3v) is 6.52. The first-order valence-electron chi connectivity index (χ1n) is 13.1. The van der Waals surface area contributed by atoms with E-state index in [1.165, 1.54) is 22.9 Å². The van der Waals surface area contributed by atoms with Crippen LogP contribution < -0.4 is 16.0 Å². The first-order chi connectivity index (χ1) is 18.5. The molecule has 11 heteroatoms. The summed E-state index contributed by atoms with van der Waals surface area (Å²) < 4.78 is 27.4. The number of aromatic nitrogens is 1. The predicted octanol–water partition coefficient (Wildman–Crippen LogP) is 3.31. The van der Waals surface area contributed by atoms with Crippen molar-refractivity contribution in [2.24, 2.45) is 0 Å². The van der Waals surface area contributed by atoms with Crippen LogP contribution in [0.3, 0.4) is 0 Å². The lowest BCUT2D eigenvalue weighted by Crippen LogP contribution is -2.25. The van der Waals surface area contributed by atoms with Gasteiger partial charge in [-0.25, -0.2) is 4.98 Å². The second kappa shape index (κ2) is 19.7. The number of hydrogen-bond donors (Lipinski definition) is 3. The first-order valence-corrected chi connectivity index (χ1v) is 13.9. The lowest BCUT2D eigenvalue weighted by molar-refractivity contribution is -0.119. The van der Waals surface area contributed by atoms with Crippen molar-refractivity contribution in [3.05, 3.63) is 39.9 Å². The van der Waals surface area contributed by atoms with Gasteiger partial charge in [0.05, 0.1) is 71.8 Å². The van der Waals surface area contributed by atoms with E-state index in [0.717, 1.165) is 29.6 Å². The van der Waals surface area contributed by atoms with E-state index in [0.29, 0.717) is 72.6 Å². The fourth-order valence-corrected chi connectivity index (χ4v) is 4.08. The molecule has 0 unspecified atom stereocenters. The highest BCUT2D eigenvalue weighted by Gasteiger charge is 2.05. The van der Waals surface area contributed by atoms with Gasteiger partial charge in [-0.2, -0.15) is 0 Å². The van der Waals surface area contributed by atoms with Gasteiger partial charge in [-0.1, -0.05) is 6.07 Å². The van der Waals surface area contributed by atoms with Gasteiger partial charge in [0, 0.05) is 37.1 Å². The second-order valence-corrected chi connectivity index (χ2v) is 9.83. The molecule has 0 radical (unpaired) electrons. The topological polar surface area (TPSA) is 112 Å². The van der Waals surface area contributed by atoms with Crippen molar-refractivity contribution in [3.63, 3.8) is 0 Å². The number of ether oxygens (including phenoxy) is 5. The monoisotopic (exact) mass is 552 g/mol. The van der Waals surface area contributed by atoms with Crippen LogP contribution in [0.2, 0.25) is 0 Å². The molecular formula is C27H44N4O6S. The maximum atomic E-state index is 10.7. The summed E-state index contributed by atoms with van der Waals surface area (Å²) in [5.74, 6) is -0.0542. The van der Waals surface area contributed by atoms with Crippen molar-refractivity contribution in [1.82, 2.24) is 10.3 Å². The van der Waals surface area contributed by atoms with Crippen molar-refractivity contribution in [3.8, 4) is 0 Å². The highest BCUT2D eigenvalue weighted by Crippen LogP contribution is 2.22. The Morgan fingerprint density at radius 3 is 1.84 bits per heavy atom. The average molecular weight is 553 g/mol. The molecule has 0 atom stereocenters. The summed E-state index contributed by atoms with van der Waals surface area (Å²) in [6.45, 7) is 15.0. The molecule has 0 bridgehead atoms. The molecule has 0 spiro atoms. The molecule has 0 saturated carbocycles. The number of anilines is 2. The van der Waals surface area contributed by atoms with E-state index in [1.807, 2.05) is 6.92 Å². The summed E-state index contributed by atoms with van der Waals surface area (Å²) in [5.41, 5.74) is 4.67. The number of aryl methyl sites for hydroxylation is 3. The maximum Gasteiger partial charge on any atom is 0.216 e. The molecule has 2 aromatic rings. The highest BCUT2D eigenvalue weighted by atomic mass is 32.1. The Morgan fingerprint density at radius 1 is 0.789 bits per heavy atom. The number of rotatable bonds is 22. The Bertz CT molecular complexity index is 907. The Kier molecular flexibility index (Phi) is 16.6. The molecular weight excluding hydrogens is 508 g/mol. The van der Waals surface area contributed by atoms with Crippen molar-refractivity contribution >= 4 is 28.1 Å². The number of nitrogens with one attached hydrogen (secondary N) is 3. The number of carbonyl (C=O) groups excluding carboxylic acids is 1.